The smallest absolute Gasteiger partial charge is 0.305 e. The number of nitro benzene ring substituents is 2. The van der Waals surface area contributed by atoms with Crippen LogP contribution in [0.15, 0.2) is 84.9 Å². The molecule has 4 aliphatic rings. The minimum absolute atomic E-state index is 0.0291. The highest BCUT2D eigenvalue weighted by Crippen LogP contribution is 2.58. The second-order valence-corrected chi connectivity index (χ2v) is 20.0. The van der Waals surface area contributed by atoms with Crippen molar-refractivity contribution in [3.63, 3.8) is 0 Å². The minimum atomic E-state index is -1.08. The lowest BCUT2D eigenvalue weighted by molar-refractivity contribution is -0.385. The van der Waals surface area contributed by atoms with Gasteiger partial charge in [-0.3, -0.25) is 29.8 Å². The first-order valence-electron chi connectivity index (χ1n) is 25.1. The van der Waals surface area contributed by atoms with Gasteiger partial charge in [-0.15, -0.1) is 0 Å². The van der Waals surface area contributed by atoms with E-state index in [4.69, 9.17) is 18.9 Å². The van der Waals surface area contributed by atoms with Gasteiger partial charge in [0.25, 0.3) is 11.4 Å². The highest BCUT2D eigenvalue weighted by Gasteiger charge is 2.60. The van der Waals surface area contributed by atoms with Gasteiger partial charge in [-0.1, -0.05) is 89.5 Å². The largest absolute Gasteiger partial charge is 0.464 e. The van der Waals surface area contributed by atoms with Gasteiger partial charge < -0.3 is 28.7 Å². The maximum absolute atomic E-state index is 13.0. The monoisotopic (exact) mass is 954 g/mol. The van der Waals surface area contributed by atoms with Gasteiger partial charge in [-0.05, 0) is 111 Å². The first-order chi connectivity index (χ1) is 33.6. The lowest BCUT2D eigenvalue weighted by Gasteiger charge is -2.47. The molecule has 4 aliphatic heterocycles. The number of rotatable bonds is 21. The molecule has 0 bridgehead atoms. The molecule has 2 atom stereocenters. The zero-order valence-electron chi connectivity index (χ0n) is 41.4. The number of hydrogen-bond donors (Lipinski definition) is 0. The highest BCUT2D eigenvalue weighted by molar-refractivity contribution is 5.82. The zero-order valence-corrected chi connectivity index (χ0v) is 41.4. The van der Waals surface area contributed by atoms with Gasteiger partial charge in [0.2, 0.25) is 11.4 Å². The molecular formula is C56H66N4O10. The summed E-state index contributed by atoms with van der Waals surface area (Å²) >= 11 is 0. The molecule has 0 N–H and O–H groups in total. The van der Waals surface area contributed by atoms with E-state index in [0.717, 1.165) is 97.8 Å². The molecule has 0 unspecified atom stereocenters. The predicted molar refractivity (Wildman–Crippen MR) is 272 cm³/mol. The fourth-order valence-electron chi connectivity index (χ4n) is 10.8. The van der Waals surface area contributed by atoms with Crippen molar-refractivity contribution in [2.45, 2.75) is 141 Å². The van der Waals surface area contributed by atoms with Crippen LogP contribution in [-0.2, 0) is 29.9 Å². The van der Waals surface area contributed by atoms with E-state index in [-0.39, 0.29) is 36.5 Å². The SMILES string of the molecule is CCCCCCCC(=O)OCCN1c2cc(-c3ccc4c(c3)N(CCOC(=O)CCCCCCC)[C@]3(C=Cc5cc([N+](=O)[O-])ccc5O3)C4(C)C)ccc2C(C)(C)[C@]12C=Cc1cc([N+](=O)[O-])ccc1O2. The third kappa shape index (κ3) is 9.24. The van der Waals surface area contributed by atoms with Crippen LogP contribution in [0.1, 0.15) is 141 Å². The van der Waals surface area contributed by atoms with Crippen LogP contribution in [0.4, 0.5) is 22.7 Å². The van der Waals surface area contributed by atoms with Crippen LogP contribution in [-0.4, -0.2) is 59.5 Å². The topological polar surface area (TPSA) is 164 Å². The van der Waals surface area contributed by atoms with Crippen molar-refractivity contribution in [2.75, 3.05) is 36.1 Å². The first kappa shape index (κ1) is 49.7. The molecule has 14 nitrogen and oxygen atoms in total. The molecule has 0 amide bonds. The van der Waals surface area contributed by atoms with Gasteiger partial charge in [0.05, 0.1) is 33.8 Å². The summed E-state index contributed by atoms with van der Waals surface area (Å²) in [5.41, 5.74) is 3.35. The first-order valence-corrected chi connectivity index (χ1v) is 25.1. The molecular weight excluding hydrogens is 889 g/mol. The van der Waals surface area contributed by atoms with Gasteiger partial charge in [0.15, 0.2) is 0 Å². The van der Waals surface area contributed by atoms with Crippen molar-refractivity contribution in [3.05, 3.63) is 127 Å². The summed E-state index contributed by atoms with van der Waals surface area (Å²) in [6, 6.07) is 22.0. The van der Waals surface area contributed by atoms with Crippen LogP contribution in [0.3, 0.4) is 0 Å². The van der Waals surface area contributed by atoms with E-state index in [1.807, 2.05) is 24.3 Å². The summed E-state index contributed by atoms with van der Waals surface area (Å²) in [4.78, 5) is 52.9. The molecule has 70 heavy (non-hydrogen) atoms. The summed E-state index contributed by atoms with van der Waals surface area (Å²) in [6.45, 7) is 13.7. The van der Waals surface area contributed by atoms with Gasteiger partial charge in [-0.25, -0.2) is 0 Å². The van der Waals surface area contributed by atoms with Gasteiger partial charge in [0.1, 0.15) is 24.7 Å². The fraction of sp³-hybridized carbons (Fsp3) is 0.464. The molecule has 4 heterocycles. The lowest BCUT2D eigenvalue weighted by Crippen LogP contribution is -2.60. The van der Waals surface area contributed by atoms with Crippen molar-refractivity contribution in [1.82, 2.24) is 0 Å². The molecule has 0 saturated heterocycles. The van der Waals surface area contributed by atoms with Crippen molar-refractivity contribution in [2.24, 2.45) is 0 Å². The number of esters is 2. The second kappa shape index (κ2) is 20.3. The Balaban J connectivity index is 1.13. The van der Waals surface area contributed by atoms with Crippen LogP contribution in [0.2, 0.25) is 0 Å². The number of nitro groups is 2. The van der Waals surface area contributed by atoms with Crippen LogP contribution in [0.5, 0.6) is 11.5 Å². The Morgan fingerprint density at radius 1 is 0.557 bits per heavy atom. The highest BCUT2D eigenvalue weighted by atomic mass is 16.6. The molecule has 0 fully saturated rings. The Hall–Kier alpha value is -6.70. The Morgan fingerprint density at radius 2 is 0.957 bits per heavy atom. The number of benzene rings is 4. The van der Waals surface area contributed by atoms with Gasteiger partial charge in [-0.2, -0.15) is 0 Å². The normalized spacial score (nSPS) is 19.5. The number of unbranched alkanes of at least 4 members (excludes halogenated alkanes) is 8. The zero-order chi connectivity index (χ0) is 49.8. The lowest BCUT2D eigenvalue weighted by atomic mass is 9.75. The maximum atomic E-state index is 13.0. The number of carbonyl (C=O) groups excluding carboxylic acids is 2. The summed E-state index contributed by atoms with van der Waals surface area (Å²) < 4.78 is 25.8. The summed E-state index contributed by atoms with van der Waals surface area (Å²) in [7, 11) is 0. The quantitative estimate of drug-likeness (QED) is 0.0336. The van der Waals surface area contributed by atoms with E-state index >= 15 is 0 Å². The molecule has 8 rings (SSSR count). The minimum Gasteiger partial charge on any atom is -0.464 e. The number of non-ortho nitro benzene ring substituents is 2. The number of carbonyl (C=O) groups is 2. The van der Waals surface area contributed by atoms with E-state index in [0.29, 0.717) is 48.6 Å². The molecule has 0 radical (unpaired) electrons. The van der Waals surface area contributed by atoms with E-state index in [1.165, 1.54) is 24.3 Å². The molecule has 14 heteroatoms. The van der Waals surface area contributed by atoms with Crippen LogP contribution < -0.4 is 19.3 Å². The number of hydrogen-bond acceptors (Lipinski definition) is 12. The second-order valence-electron chi connectivity index (χ2n) is 20.0. The Labute approximate surface area is 410 Å². The molecule has 4 aromatic carbocycles. The van der Waals surface area contributed by atoms with E-state index in [2.05, 4.69) is 87.7 Å². The fourth-order valence-corrected chi connectivity index (χ4v) is 10.8. The molecule has 370 valence electrons. The Bertz CT molecular complexity index is 2530. The molecule has 0 saturated carbocycles. The maximum Gasteiger partial charge on any atom is 0.305 e. The Kier molecular flexibility index (Phi) is 14.4. The van der Waals surface area contributed by atoms with Crippen LogP contribution in [0.25, 0.3) is 23.3 Å². The Morgan fingerprint density at radius 3 is 1.34 bits per heavy atom. The third-order valence-corrected chi connectivity index (χ3v) is 14.9. The van der Waals surface area contributed by atoms with Gasteiger partial charge in [0, 0.05) is 59.6 Å². The molecule has 4 aromatic rings. The average molecular weight is 955 g/mol. The summed E-state index contributed by atoms with van der Waals surface area (Å²) in [6.07, 6.45) is 18.7. The van der Waals surface area contributed by atoms with Crippen molar-refractivity contribution >= 4 is 46.8 Å². The molecule has 2 spiro atoms. The van der Waals surface area contributed by atoms with Crippen LogP contribution in [0, 0.1) is 20.2 Å². The van der Waals surface area contributed by atoms with E-state index < -0.39 is 32.1 Å². The third-order valence-electron chi connectivity index (χ3n) is 14.9. The van der Waals surface area contributed by atoms with E-state index in [9.17, 15) is 29.8 Å². The van der Waals surface area contributed by atoms with Crippen molar-refractivity contribution in [3.8, 4) is 22.6 Å². The number of ether oxygens (including phenoxy) is 4. The summed E-state index contributed by atoms with van der Waals surface area (Å²) in [5, 5.41) is 23.4. The molecule has 0 aromatic heterocycles. The predicted octanol–water partition coefficient (Wildman–Crippen LogP) is 12.8. The summed E-state index contributed by atoms with van der Waals surface area (Å²) in [5.74, 6) is 0.544. The number of nitrogens with zero attached hydrogens (tertiary/aromatic N) is 4. The van der Waals surface area contributed by atoms with Gasteiger partial charge >= 0.3 is 11.9 Å². The van der Waals surface area contributed by atoms with Crippen LogP contribution >= 0.6 is 0 Å². The standard InChI is InChI=1S/C56H66N4O10/c1-7-9-11-13-15-17-51(61)67-33-31-57-47-37-39(19-23-45(47)53(3,4)55(57)29-27-41-35-43(59(63)64)21-25-49(41)69-55)40-20-24-46-48(38-40)58(32-34-68-52(62)18-16-14-12-10-8-2)56(54(46,5)6)30-28-42-36-44(60(65)66)22-26-50(42)70-56/h19-30,35-38H,7-18,31-34H2,1-6H3/t55-,56+. The molecule has 0 aliphatic carbocycles. The average Bonchev–Trinajstić information content (AvgIpc) is 3.62. The van der Waals surface area contributed by atoms with Crippen molar-refractivity contribution < 1.29 is 38.4 Å². The number of anilines is 2. The van der Waals surface area contributed by atoms with Crippen molar-refractivity contribution in [1.29, 1.82) is 0 Å². The van der Waals surface area contributed by atoms with E-state index in [1.54, 1.807) is 12.1 Å². The number of fused-ring (bicyclic) bond motifs is 4.